The third-order valence-electron chi connectivity index (χ3n) is 7.28. The lowest BCUT2D eigenvalue weighted by molar-refractivity contribution is -0.127. The Bertz CT molecular complexity index is 667. The predicted octanol–water partition coefficient (Wildman–Crippen LogP) is 1.77. The summed E-state index contributed by atoms with van der Waals surface area (Å²) >= 11 is 0. The van der Waals surface area contributed by atoms with Crippen molar-refractivity contribution in [1.82, 2.24) is 25.2 Å². The normalized spacial score (nSPS) is 34.7. The number of fused-ring (bicyclic) bond motifs is 3. The van der Waals surface area contributed by atoms with Crippen molar-refractivity contribution in [1.29, 1.82) is 0 Å². The summed E-state index contributed by atoms with van der Waals surface area (Å²) in [6, 6.07) is 0.709. The Morgan fingerprint density at radius 2 is 1.92 bits per heavy atom. The molecule has 2 bridgehead atoms. The van der Waals surface area contributed by atoms with Crippen molar-refractivity contribution in [2.75, 3.05) is 26.7 Å². The van der Waals surface area contributed by atoms with Crippen LogP contribution in [0.4, 0.5) is 0 Å². The number of nitrogens with zero attached hydrogens (tertiary/aromatic N) is 4. The average Bonchev–Trinajstić information content (AvgIpc) is 3.38. The molecular weight excluding hydrogens is 330 g/mol. The molecule has 2 heterocycles. The lowest BCUT2D eigenvalue weighted by atomic mass is 9.58. The summed E-state index contributed by atoms with van der Waals surface area (Å²) in [4.78, 5) is 14.8. The van der Waals surface area contributed by atoms with Crippen molar-refractivity contribution in [3.05, 3.63) is 11.9 Å². The van der Waals surface area contributed by atoms with Crippen molar-refractivity contribution in [2.45, 2.75) is 69.1 Å². The van der Waals surface area contributed by atoms with Gasteiger partial charge >= 0.3 is 0 Å². The lowest BCUT2D eigenvalue weighted by Crippen LogP contribution is -2.62. The number of hydrogen-bond donors (Lipinski definition) is 1. The van der Waals surface area contributed by atoms with Crippen molar-refractivity contribution in [3.8, 4) is 0 Å². The van der Waals surface area contributed by atoms with E-state index in [1.54, 1.807) is 6.20 Å². The van der Waals surface area contributed by atoms with Crippen molar-refractivity contribution >= 4 is 5.91 Å². The Balaban J connectivity index is 1.09. The smallest absolute Gasteiger partial charge is 0.273 e. The molecule has 0 aromatic carbocycles. The molecule has 0 radical (unpaired) electrons. The number of likely N-dealkylation sites (tertiary alicyclic amines) is 1. The first-order valence-electron chi connectivity index (χ1n) is 10.1. The molecule has 1 saturated heterocycles. The van der Waals surface area contributed by atoms with E-state index in [4.69, 9.17) is 4.74 Å². The first kappa shape index (κ1) is 16.7. The summed E-state index contributed by atoms with van der Waals surface area (Å²) in [6.45, 7) is 3.09. The van der Waals surface area contributed by atoms with Gasteiger partial charge in [0.2, 0.25) is 0 Å². The molecule has 5 aliphatic rings. The number of rotatable bonds is 6. The molecule has 1 amide bonds. The zero-order chi connectivity index (χ0) is 17.8. The van der Waals surface area contributed by atoms with Gasteiger partial charge in [0.1, 0.15) is 0 Å². The van der Waals surface area contributed by atoms with Crippen molar-refractivity contribution in [2.24, 2.45) is 5.41 Å². The van der Waals surface area contributed by atoms with Gasteiger partial charge in [0.15, 0.2) is 5.69 Å². The second kappa shape index (κ2) is 6.02. The topological polar surface area (TPSA) is 72.3 Å². The van der Waals surface area contributed by atoms with Crippen LogP contribution in [0.5, 0.6) is 0 Å². The minimum Gasteiger partial charge on any atom is -0.378 e. The highest BCUT2D eigenvalue weighted by Crippen LogP contribution is 2.54. The van der Waals surface area contributed by atoms with E-state index >= 15 is 0 Å². The number of nitrogens with one attached hydrogen (secondary N) is 1. The quantitative estimate of drug-likeness (QED) is 0.838. The van der Waals surface area contributed by atoms with Crippen LogP contribution >= 0.6 is 0 Å². The van der Waals surface area contributed by atoms with Gasteiger partial charge in [0.25, 0.3) is 5.91 Å². The Morgan fingerprint density at radius 3 is 2.54 bits per heavy atom. The monoisotopic (exact) mass is 359 g/mol. The first-order valence-corrected chi connectivity index (χ1v) is 10.1. The van der Waals surface area contributed by atoms with E-state index in [9.17, 15) is 4.79 Å². The van der Waals surface area contributed by atoms with E-state index in [0.717, 1.165) is 25.9 Å². The summed E-state index contributed by atoms with van der Waals surface area (Å²) in [6.07, 6.45) is 11.6. The van der Waals surface area contributed by atoms with E-state index in [2.05, 4.69) is 20.5 Å². The highest BCUT2D eigenvalue weighted by atomic mass is 16.5. The molecule has 0 spiro atoms. The lowest BCUT2D eigenvalue weighted by Gasteiger charge is -2.55. The van der Waals surface area contributed by atoms with Gasteiger partial charge in [-0.15, -0.1) is 5.10 Å². The molecule has 1 aromatic heterocycles. The fourth-order valence-electron chi connectivity index (χ4n) is 5.19. The third-order valence-corrected chi connectivity index (χ3v) is 7.28. The highest BCUT2D eigenvalue weighted by molar-refractivity contribution is 5.92. The highest BCUT2D eigenvalue weighted by Gasteiger charge is 2.50. The minimum atomic E-state index is -0.0834. The maximum absolute atomic E-state index is 12.3. The van der Waals surface area contributed by atoms with E-state index in [-0.39, 0.29) is 17.6 Å². The van der Waals surface area contributed by atoms with E-state index < -0.39 is 0 Å². The van der Waals surface area contributed by atoms with Gasteiger partial charge in [-0.2, -0.15) is 0 Å². The molecule has 142 valence electrons. The Labute approximate surface area is 154 Å². The van der Waals surface area contributed by atoms with Gasteiger partial charge in [-0.3, -0.25) is 9.69 Å². The molecule has 0 unspecified atom stereocenters. The van der Waals surface area contributed by atoms with Gasteiger partial charge < -0.3 is 10.1 Å². The number of methoxy groups -OCH3 is 1. The number of carbonyl (C=O) groups excluding carboxylic acids is 1. The van der Waals surface area contributed by atoms with Crippen LogP contribution in [-0.4, -0.2) is 64.2 Å². The van der Waals surface area contributed by atoms with Crippen molar-refractivity contribution in [3.63, 3.8) is 0 Å². The standard InChI is InChI=1S/C19H29N5O2/c1-26-19-7-4-18(5-8-19,6-9-19)13-23-10-14(11-23)20-17(25)16-12-24(22-21-16)15-2-3-15/h12,14-15H,2-11,13H2,1H3,(H,20,25). The van der Waals surface area contributed by atoms with Crippen LogP contribution in [-0.2, 0) is 4.74 Å². The van der Waals surface area contributed by atoms with Gasteiger partial charge in [-0.05, 0) is 56.8 Å². The fraction of sp³-hybridized carbons (Fsp3) is 0.842. The average molecular weight is 359 g/mol. The molecular formula is C19H29N5O2. The van der Waals surface area contributed by atoms with Crippen LogP contribution in [0.25, 0.3) is 0 Å². The van der Waals surface area contributed by atoms with Crippen LogP contribution in [0.15, 0.2) is 6.20 Å². The molecule has 5 fully saturated rings. The van der Waals surface area contributed by atoms with Crippen LogP contribution < -0.4 is 5.32 Å². The van der Waals surface area contributed by atoms with E-state index in [1.807, 2.05) is 11.8 Å². The maximum Gasteiger partial charge on any atom is 0.273 e. The second-order valence-electron chi connectivity index (χ2n) is 9.07. The maximum atomic E-state index is 12.3. The van der Waals surface area contributed by atoms with Gasteiger partial charge in [0, 0.05) is 26.7 Å². The molecule has 4 aliphatic carbocycles. The molecule has 1 N–H and O–H groups in total. The molecule has 7 heteroatoms. The molecule has 1 aliphatic heterocycles. The zero-order valence-corrected chi connectivity index (χ0v) is 15.6. The summed E-state index contributed by atoms with van der Waals surface area (Å²) in [5, 5.41) is 11.2. The number of ether oxygens (including phenoxy) is 1. The minimum absolute atomic E-state index is 0.0834. The number of aromatic nitrogens is 3. The Hall–Kier alpha value is -1.47. The van der Waals surface area contributed by atoms with Crippen LogP contribution in [0, 0.1) is 5.41 Å². The molecule has 6 rings (SSSR count). The molecule has 4 saturated carbocycles. The third kappa shape index (κ3) is 2.95. The number of amides is 1. The van der Waals surface area contributed by atoms with Crippen LogP contribution in [0.1, 0.15) is 67.9 Å². The summed E-state index contributed by atoms with van der Waals surface area (Å²) < 4.78 is 7.63. The molecule has 0 atom stereocenters. The van der Waals surface area contributed by atoms with Crippen LogP contribution in [0.2, 0.25) is 0 Å². The Kier molecular flexibility index (Phi) is 3.87. The predicted molar refractivity (Wildman–Crippen MR) is 95.9 cm³/mol. The largest absolute Gasteiger partial charge is 0.378 e. The summed E-state index contributed by atoms with van der Waals surface area (Å²) in [7, 11) is 1.88. The fourth-order valence-corrected chi connectivity index (χ4v) is 5.19. The summed E-state index contributed by atoms with van der Waals surface area (Å²) in [5.41, 5.74) is 1.12. The van der Waals surface area contributed by atoms with Gasteiger partial charge in [-0.25, -0.2) is 4.68 Å². The second-order valence-corrected chi connectivity index (χ2v) is 9.07. The summed E-state index contributed by atoms with van der Waals surface area (Å²) in [5.74, 6) is -0.0834. The van der Waals surface area contributed by atoms with Crippen molar-refractivity contribution < 1.29 is 9.53 Å². The molecule has 26 heavy (non-hydrogen) atoms. The Morgan fingerprint density at radius 1 is 1.23 bits per heavy atom. The first-order chi connectivity index (χ1) is 12.6. The SMILES string of the molecule is COC12CCC(CN3CC(NC(=O)c4cn(C5CC5)nn4)C3)(CC1)CC2. The zero-order valence-electron chi connectivity index (χ0n) is 15.6. The van der Waals surface area contributed by atoms with Crippen LogP contribution in [0.3, 0.4) is 0 Å². The molecule has 7 nitrogen and oxygen atoms in total. The van der Waals surface area contributed by atoms with E-state index in [0.29, 0.717) is 17.2 Å². The number of carbonyl (C=O) groups is 1. The van der Waals surface area contributed by atoms with E-state index in [1.165, 1.54) is 45.1 Å². The molecule has 1 aromatic rings. The van der Waals surface area contributed by atoms with Gasteiger partial charge in [0.05, 0.1) is 23.9 Å². The number of hydrogen-bond acceptors (Lipinski definition) is 5. The van der Waals surface area contributed by atoms with Gasteiger partial charge in [-0.1, -0.05) is 5.21 Å².